The monoisotopic (exact) mass is 227 g/mol. The van der Waals surface area contributed by atoms with Crippen LogP contribution in [0, 0.1) is 0 Å². The van der Waals surface area contributed by atoms with E-state index in [9.17, 15) is 0 Å². The molecule has 17 heavy (non-hydrogen) atoms. The molecule has 1 aliphatic rings. The van der Waals surface area contributed by atoms with Gasteiger partial charge in [0.25, 0.3) is 0 Å². The minimum absolute atomic E-state index is 0.307. The van der Waals surface area contributed by atoms with Crippen LogP contribution in [0.4, 0.5) is 0 Å². The average Bonchev–Trinajstić information content (AvgIpc) is 2.86. The van der Waals surface area contributed by atoms with E-state index in [0.29, 0.717) is 6.79 Å². The summed E-state index contributed by atoms with van der Waals surface area (Å²) in [4.78, 5) is 4.45. The highest BCUT2D eigenvalue weighted by Gasteiger charge is 2.13. The summed E-state index contributed by atoms with van der Waals surface area (Å²) in [6.07, 6.45) is 2.92. The predicted octanol–water partition coefficient (Wildman–Crippen LogP) is 3.04. The predicted molar refractivity (Wildman–Crippen MR) is 65.2 cm³/mol. The van der Waals surface area contributed by atoms with Crippen molar-refractivity contribution in [2.45, 2.75) is 13.3 Å². The van der Waals surface area contributed by atoms with E-state index in [4.69, 9.17) is 9.47 Å². The first kappa shape index (κ1) is 10.1. The van der Waals surface area contributed by atoms with Crippen molar-refractivity contribution in [1.82, 2.24) is 4.98 Å². The second-order valence-electron chi connectivity index (χ2n) is 3.97. The van der Waals surface area contributed by atoms with Crippen molar-refractivity contribution < 1.29 is 9.47 Å². The lowest BCUT2D eigenvalue weighted by atomic mass is 10.1. The Hall–Kier alpha value is -2.03. The van der Waals surface area contributed by atoms with Gasteiger partial charge in [-0.15, -0.1) is 0 Å². The molecule has 1 aromatic heterocycles. The SMILES string of the molecule is CCc1ccc(-c2ccc3c(c2)OCO3)nc1. The van der Waals surface area contributed by atoms with Crippen LogP contribution < -0.4 is 9.47 Å². The lowest BCUT2D eigenvalue weighted by Crippen LogP contribution is -1.92. The molecule has 0 bridgehead atoms. The molecular weight excluding hydrogens is 214 g/mol. The highest BCUT2D eigenvalue weighted by atomic mass is 16.7. The van der Waals surface area contributed by atoms with Gasteiger partial charge in [-0.1, -0.05) is 13.0 Å². The van der Waals surface area contributed by atoms with Crippen LogP contribution in [-0.2, 0) is 6.42 Å². The van der Waals surface area contributed by atoms with Gasteiger partial charge >= 0.3 is 0 Å². The summed E-state index contributed by atoms with van der Waals surface area (Å²) in [7, 11) is 0. The normalized spacial score (nSPS) is 12.8. The number of rotatable bonds is 2. The van der Waals surface area contributed by atoms with Gasteiger partial charge in [-0.2, -0.15) is 0 Å². The van der Waals surface area contributed by atoms with Gasteiger partial charge in [0.2, 0.25) is 6.79 Å². The zero-order valence-corrected chi connectivity index (χ0v) is 9.64. The second kappa shape index (κ2) is 4.09. The first-order chi connectivity index (χ1) is 8.36. The van der Waals surface area contributed by atoms with E-state index < -0.39 is 0 Å². The summed E-state index contributed by atoms with van der Waals surface area (Å²) < 4.78 is 10.6. The van der Waals surface area contributed by atoms with Crippen LogP contribution in [0.25, 0.3) is 11.3 Å². The Balaban J connectivity index is 1.97. The lowest BCUT2D eigenvalue weighted by Gasteiger charge is -2.03. The van der Waals surface area contributed by atoms with E-state index in [0.717, 1.165) is 29.2 Å². The molecule has 0 N–H and O–H groups in total. The van der Waals surface area contributed by atoms with Gasteiger partial charge in [-0.05, 0) is 36.2 Å². The molecule has 0 radical (unpaired) electrons. The summed E-state index contributed by atoms with van der Waals surface area (Å²) in [6.45, 7) is 2.43. The van der Waals surface area contributed by atoms with Crippen LogP contribution in [0.5, 0.6) is 11.5 Å². The van der Waals surface area contributed by atoms with Crippen molar-refractivity contribution in [2.24, 2.45) is 0 Å². The van der Waals surface area contributed by atoms with Gasteiger partial charge in [-0.25, -0.2) is 0 Å². The van der Waals surface area contributed by atoms with Gasteiger partial charge in [0, 0.05) is 11.8 Å². The number of ether oxygens (including phenoxy) is 2. The van der Waals surface area contributed by atoms with E-state index in [-0.39, 0.29) is 0 Å². The quantitative estimate of drug-likeness (QED) is 0.790. The third kappa shape index (κ3) is 1.84. The fourth-order valence-corrected chi connectivity index (χ4v) is 1.86. The third-order valence-electron chi connectivity index (χ3n) is 2.90. The maximum absolute atomic E-state index is 5.36. The van der Waals surface area contributed by atoms with E-state index in [1.165, 1.54) is 5.56 Å². The molecule has 0 fully saturated rings. The number of hydrogen-bond donors (Lipinski definition) is 0. The molecule has 1 aliphatic heterocycles. The fourth-order valence-electron chi connectivity index (χ4n) is 1.86. The molecule has 3 rings (SSSR count). The minimum atomic E-state index is 0.307. The molecule has 0 atom stereocenters. The summed E-state index contributed by atoms with van der Waals surface area (Å²) in [5, 5.41) is 0. The summed E-state index contributed by atoms with van der Waals surface area (Å²) in [5.41, 5.74) is 3.26. The highest BCUT2D eigenvalue weighted by Crippen LogP contribution is 2.35. The molecule has 0 spiro atoms. The number of hydrogen-bond acceptors (Lipinski definition) is 3. The summed E-state index contributed by atoms with van der Waals surface area (Å²) in [6, 6.07) is 10.0. The Bertz CT molecular complexity index is 534. The van der Waals surface area contributed by atoms with E-state index in [1.54, 1.807) is 0 Å². The van der Waals surface area contributed by atoms with Crippen molar-refractivity contribution in [2.75, 3.05) is 6.79 Å². The number of fused-ring (bicyclic) bond motifs is 1. The molecule has 3 heteroatoms. The summed E-state index contributed by atoms with van der Waals surface area (Å²) >= 11 is 0. The Morgan fingerprint density at radius 1 is 1.12 bits per heavy atom. The van der Waals surface area contributed by atoms with E-state index in [1.807, 2.05) is 30.5 Å². The van der Waals surface area contributed by atoms with Crippen molar-refractivity contribution in [3.8, 4) is 22.8 Å². The van der Waals surface area contributed by atoms with Crippen LogP contribution in [0.2, 0.25) is 0 Å². The molecule has 2 aromatic rings. The summed E-state index contributed by atoms with van der Waals surface area (Å²) in [5.74, 6) is 1.60. The number of aromatic nitrogens is 1. The van der Waals surface area contributed by atoms with E-state index in [2.05, 4.69) is 18.0 Å². The van der Waals surface area contributed by atoms with Crippen LogP contribution >= 0.6 is 0 Å². The first-order valence-electron chi connectivity index (χ1n) is 5.72. The minimum Gasteiger partial charge on any atom is -0.454 e. The van der Waals surface area contributed by atoms with Crippen LogP contribution in [0.1, 0.15) is 12.5 Å². The Morgan fingerprint density at radius 2 is 2.00 bits per heavy atom. The van der Waals surface area contributed by atoms with Crippen molar-refractivity contribution in [3.05, 3.63) is 42.1 Å². The molecular formula is C14H13NO2. The molecule has 3 nitrogen and oxygen atoms in total. The molecule has 0 unspecified atom stereocenters. The van der Waals surface area contributed by atoms with Crippen molar-refractivity contribution >= 4 is 0 Å². The average molecular weight is 227 g/mol. The van der Waals surface area contributed by atoms with Crippen LogP contribution in [-0.4, -0.2) is 11.8 Å². The first-order valence-corrected chi connectivity index (χ1v) is 5.72. The molecule has 1 aromatic carbocycles. The Morgan fingerprint density at radius 3 is 2.76 bits per heavy atom. The second-order valence-corrected chi connectivity index (χ2v) is 3.97. The molecule has 0 saturated heterocycles. The molecule has 0 amide bonds. The number of aryl methyl sites for hydroxylation is 1. The van der Waals surface area contributed by atoms with E-state index >= 15 is 0 Å². The maximum atomic E-state index is 5.36. The van der Waals surface area contributed by atoms with Crippen molar-refractivity contribution in [1.29, 1.82) is 0 Å². The molecule has 0 aliphatic carbocycles. The Kier molecular flexibility index (Phi) is 2.44. The molecule has 2 heterocycles. The standard InChI is InChI=1S/C14H13NO2/c1-2-10-3-5-12(15-8-10)11-4-6-13-14(7-11)17-9-16-13/h3-8H,2,9H2,1H3. The van der Waals surface area contributed by atoms with Crippen LogP contribution in [0.15, 0.2) is 36.5 Å². The van der Waals surface area contributed by atoms with Crippen molar-refractivity contribution in [3.63, 3.8) is 0 Å². The zero-order valence-electron chi connectivity index (χ0n) is 9.64. The van der Waals surface area contributed by atoms with Gasteiger partial charge < -0.3 is 9.47 Å². The number of nitrogens with zero attached hydrogens (tertiary/aromatic N) is 1. The van der Waals surface area contributed by atoms with Gasteiger partial charge in [0.1, 0.15) is 0 Å². The smallest absolute Gasteiger partial charge is 0.231 e. The van der Waals surface area contributed by atoms with Gasteiger partial charge in [0.15, 0.2) is 11.5 Å². The third-order valence-corrected chi connectivity index (χ3v) is 2.90. The largest absolute Gasteiger partial charge is 0.454 e. The zero-order chi connectivity index (χ0) is 11.7. The highest BCUT2D eigenvalue weighted by molar-refractivity contribution is 5.64. The lowest BCUT2D eigenvalue weighted by molar-refractivity contribution is 0.174. The number of pyridine rings is 1. The Labute approximate surface area is 100 Å². The molecule has 86 valence electrons. The van der Waals surface area contributed by atoms with Gasteiger partial charge in [-0.3, -0.25) is 4.98 Å². The topological polar surface area (TPSA) is 31.4 Å². The number of benzene rings is 1. The molecule has 0 saturated carbocycles. The maximum Gasteiger partial charge on any atom is 0.231 e. The van der Waals surface area contributed by atoms with Crippen LogP contribution in [0.3, 0.4) is 0 Å². The van der Waals surface area contributed by atoms with Gasteiger partial charge in [0.05, 0.1) is 5.69 Å². The fraction of sp³-hybridized carbons (Fsp3) is 0.214.